The Morgan fingerprint density at radius 1 is 0.875 bits per heavy atom. The summed E-state index contributed by atoms with van der Waals surface area (Å²) in [7, 11) is 0.500. The van der Waals surface area contributed by atoms with Gasteiger partial charge in [0.25, 0.3) is 5.92 Å². The van der Waals surface area contributed by atoms with Crippen LogP contribution in [0.25, 0.3) is 0 Å². The second kappa shape index (κ2) is 10.9. The number of ether oxygens (including phenoxy) is 1. The third kappa shape index (κ3) is 23.3. The van der Waals surface area contributed by atoms with Gasteiger partial charge in [-0.05, 0) is 0 Å². The first-order valence-electron chi connectivity index (χ1n) is 3.64. The minimum absolute atomic E-state index is 0.500. The Labute approximate surface area is 87.4 Å². The van der Waals surface area contributed by atoms with Crippen molar-refractivity contribution in [3.05, 3.63) is 0 Å². The van der Waals surface area contributed by atoms with Crippen molar-refractivity contribution in [2.24, 2.45) is 0 Å². The van der Waals surface area contributed by atoms with Gasteiger partial charge in [-0.3, -0.25) is 9.13 Å². The van der Waals surface area contributed by atoms with E-state index in [2.05, 4.69) is 4.74 Å². The lowest BCUT2D eigenvalue weighted by molar-refractivity contribution is -0.261. The Morgan fingerprint density at radius 2 is 1.19 bits per heavy atom. The molecule has 0 saturated carbocycles. The number of alkyl halides is 8. The van der Waals surface area contributed by atoms with Crippen LogP contribution in [-0.4, -0.2) is 39.4 Å². The smallest absolute Gasteiger partial charge is 0.286 e. The second-order valence-electron chi connectivity index (χ2n) is 2.23. The Hall–Kier alpha value is -0.600. The lowest BCUT2D eigenvalue weighted by Gasteiger charge is -2.07. The van der Waals surface area contributed by atoms with Gasteiger partial charge >= 0.3 is 6.11 Å². The van der Waals surface area contributed by atoms with Crippen LogP contribution in [0.1, 0.15) is 6.92 Å². The van der Waals surface area contributed by atoms with Crippen LogP contribution in [-0.2, 0) is 4.74 Å². The summed E-state index contributed by atoms with van der Waals surface area (Å²) >= 11 is 0. The van der Waals surface area contributed by atoms with E-state index in [1.165, 1.54) is 0 Å². The molecule has 0 aliphatic heterocycles. The Bertz CT molecular complexity index is 135. The molecule has 16 heavy (non-hydrogen) atoms. The van der Waals surface area contributed by atoms with Crippen LogP contribution in [0.2, 0.25) is 0 Å². The van der Waals surface area contributed by atoms with E-state index in [1.54, 1.807) is 0 Å². The zero-order valence-electron chi connectivity index (χ0n) is 8.55. The van der Waals surface area contributed by atoms with Gasteiger partial charge in [0.05, 0.1) is 7.18 Å². The normalized spacial score (nSPS) is 10.9. The van der Waals surface area contributed by atoms with E-state index in [0.717, 1.165) is 0 Å². The van der Waals surface area contributed by atoms with Gasteiger partial charge in [0, 0.05) is 6.92 Å². The summed E-state index contributed by atoms with van der Waals surface area (Å²) in [6.45, 7) is -4.69. The maximum Gasteiger partial charge on any atom is 0.386 e. The molecular weight excluding hydrogens is 252 g/mol. The molecule has 0 atom stereocenters. The Kier molecular flexibility index (Phi) is 14.2. The molecule has 0 amide bonds. The van der Waals surface area contributed by atoms with E-state index in [9.17, 15) is 35.1 Å². The van der Waals surface area contributed by atoms with E-state index in [0.29, 0.717) is 14.1 Å². The highest BCUT2D eigenvalue weighted by molar-refractivity contribution is 4.51. The molecule has 0 unspecified atom stereocenters. The summed E-state index contributed by atoms with van der Waals surface area (Å²) in [5.74, 6) is -3.12. The van der Waals surface area contributed by atoms with Gasteiger partial charge in [-0.15, -0.1) is 0 Å². The van der Waals surface area contributed by atoms with Crippen LogP contribution < -0.4 is 0 Å². The molecule has 0 aromatic rings. The summed E-state index contributed by atoms with van der Waals surface area (Å²) in [6.07, 6.45) is -3.95. The molecule has 0 spiro atoms. The highest BCUT2D eigenvalue weighted by Gasteiger charge is 2.29. The van der Waals surface area contributed by atoms with Crippen LogP contribution in [0, 0.1) is 0 Å². The lowest BCUT2D eigenvalue weighted by Crippen LogP contribution is -2.22. The molecule has 0 heterocycles. The molecule has 0 N–H and O–H groups in total. The van der Waals surface area contributed by atoms with Crippen molar-refractivity contribution in [2.45, 2.75) is 19.0 Å². The maximum absolute atomic E-state index is 11.3. The predicted molar refractivity (Wildman–Crippen MR) is 41.6 cm³/mol. The fraction of sp³-hybridized carbons (Fsp3) is 1.00. The number of halogens is 8. The van der Waals surface area contributed by atoms with Crippen molar-refractivity contribution in [3.8, 4) is 0 Å². The fourth-order valence-corrected chi connectivity index (χ4v) is 0.118. The topological polar surface area (TPSA) is 9.23 Å². The zero-order valence-corrected chi connectivity index (χ0v) is 8.55. The molecule has 0 bridgehead atoms. The van der Waals surface area contributed by atoms with Crippen LogP contribution in [0.5, 0.6) is 0 Å². The van der Waals surface area contributed by atoms with E-state index in [1.807, 2.05) is 0 Å². The minimum Gasteiger partial charge on any atom is -0.286 e. The summed E-state index contributed by atoms with van der Waals surface area (Å²) in [6, 6.07) is 0. The average Bonchev–Trinajstić information content (AvgIpc) is 2.21. The van der Waals surface area contributed by atoms with Crippen LogP contribution >= 0.6 is 0 Å². The quantitative estimate of drug-likeness (QED) is 0.704. The van der Waals surface area contributed by atoms with Gasteiger partial charge in [-0.25, -0.2) is 22.0 Å². The number of rotatable bonds is 4. The molecule has 0 aliphatic rings. The largest absolute Gasteiger partial charge is 0.386 e. The molecule has 0 aromatic carbocycles. The van der Waals surface area contributed by atoms with Crippen molar-refractivity contribution in [3.63, 3.8) is 0 Å². The molecule has 0 rings (SSSR count). The lowest BCUT2D eigenvalue weighted by atomic mass is 10.4. The standard InChI is InChI=1S/C3H4F4O.C3H5F3.CH3F/c4-1-3(6,7)8-2-5;1-3(5,6)2-4;1-2/h1-2H2;2H2,1H3;1H3. The van der Waals surface area contributed by atoms with Crippen molar-refractivity contribution < 1.29 is 39.9 Å². The van der Waals surface area contributed by atoms with Crippen molar-refractivity contribution in [1.29, 1.82) is 0 Å². The second-order valence-corrected chi connectivity index (χ2v) is 2.23. The molecular formula is C7H12F8O. The van der Waals surface area contributed by atoms with E-state index in [4.69, 9.17) is 0 Å². The zero-order chi connectivity index (χ0) is 13.8. The molecule has 0 aliphatic carbocycles. The first-order valence-corrected chi connectivity index (χ1v) is 3.64. The maximum atomic E-state index is 11.3. The average molecular weight is 264 g/mol. The van der Waals surface area contributed by atoms with E-state index < -0.39 is 32.2 Å². The van der Waals surface area contributed by atoms with Gasteiger partial charge in [0.2, 0.25) is 0 Å². The van der Waals surface area contributed by atoms with Crippen molar-refractivity contribution in [2.75, 3.05) is 27.4 Å². The molecule has 102 valence electrons. The number of hydrogen-bond acceptors (Lipinski definition) is 1. The monoisotopic (exact) mass is 264 g/mol. The molecule has 0 aromatic heterocycles. The molecule has 0 radical (unpaired) electrons. The summed E-state index contributed by atoms with van der Waals surface area (Å²) in [4.78, 5) is 0. The van der Waals surface area contributed by atoms with Gasteiger partial charge in [0.1, 0.15) is 0 Å². The number of hydrogen-bond donors (Lipinski definition) is 0. The summed E-state index contributed by atoms with van der Waals surface area (Å²) < 4.78 is 89.8. The molecule has 0 fully saturated rings. The third-order valence-electron chi connectivity index (χ3n) is 0.656. The van der Waals surface area contributed by atoms with Gasteiger partial charge in [-0.1, -0.05) is 0 Å². The Balaban J connectivity index is -0.000000188. The van der Waals surface area contributed by atoms with Crippen LogP contribution in [0.4, 0.5) is 35.1 Å². The van der Waals surface area contributed by atoms with Gasteiger partial charge in [-0.2, -0.15) is 8.78 Å². The van der Waals surface area contributed by atoms with Crippen molar-refractivity contribution in [1.82, 2.24) is 0 Å². The predicted octanol–water partition coefficient (Wildman–Crippen LogP) is 3.69. The van der Waals surface area contributed by atoms with E-state index in [-0.39, 0.29) is 0 Å². The molecule has 0 saturated heterocycles. The highest BCUT2D eigenvalue weighted by atomic mass is 19.3. The first-order chi connectivity index (χ1) is 7.18. The SMILES string of the molecule is CC(F)(F)CF.CF.FCOC(F)(F)CF. The first kappa shape index (κ1) is 20.8. The molecule has 9 heteroatoms. The van der Waals surface area contributed by atoms with Crippen LogP contribution in [0.3, 0.4) is 0 Å². The third-order valence-corrected chi connectivity index (χ3v) is 0.656. The molecule has 1 nitrogen and oxygen atoms in total. The fourth-order valence-electron chi connectivity index (χ4n) is 0.118. The van der Waals surface area contributed by atoms with E-state index >= 15 is 0 Å². The van der Waals surface area contributed by atoms with Gasteiger partial charge < -0.3 is 0 Å². The summed E-state index contributed by atoms with van der Waals surface area (Å²) in [5, 5.41) is 0. The Morgan fingerprint density at radius 3 is 1.25 bits per heavy atom. The highest BCUT2D eigenvalue weighted by Crippen LogP contribution is 2.14. The summed E-state index contributed by atoms with van der Waals surface area (Å²) in [5.41, 5.74) is 0. The van der Waals surface area contributed by atoms with Gasteiger partial charge in [0.15, 0.2) is 20.2 Å². The minimum atomic E-state index is -3.95. The van der Waals surface area contributed by atoms with Crippen LogP contribution in [0.15, 0.2) is 0 Å². The van der Waals surface area contributed by atoms with Crippen molar-refractivity contribution >= 4 is 0 Å².